The molecule has 5 nitrogen and oxygen atoms in total. The molecule has 0 fully saturated rings. The third kappa shape index (κ3) is 7.03. The minimum atomic E-state index is -4.34. The summed E-state index contributed by atoms with van der Waals surface area (Å²) in [5, 5.41) is 5.94. The predicted octanol–water partition coefficient (Wildman–Crippen LogP) is 2.32. The number of hydrogen-bond donors (Lipinski definition) is 2. The summed E-state index contributed by atoms with van der Waals surface area (Å²) in [5.74, 6) is 0.146. The number of nitrogens with zero attached hydrogens (tertiary/aromatic N) is 1. The van der Waals surface area contributed by atoms with Gasteiger partial charge in [0.1, 0.15) is 0 Å². The van der Waals surface area contributed by atoms with E-state index in [1.54, 1.807) is 0 Å². The van der Waals surface area contributed by atoms with E-state index in [0.29, 0.717) is 24.6 Å². The highest BCUT2D eigenvalue weighted by atomic mass is 19.4. The number of hydrogen-bond acceptors (Lipinski definition) is 3. The van der Waals surface area contributed by atoms with E-state index >= 15 is 0 Å². The molecule has 0 aliphatic rings. The van der Waals surface area contributed by atoms with E-state index in [-0.39, 0.29) is 18.9 Å². The number of guanidine groups is 1. The van der Waals surface area contributed by atoms with Crippen molar-refractivity contribution >= 4 is 11.9 Å². The van der Waals surface area contributed by atoms with Crippen molar-refractivity contribution in [3.8, 4) is 0 Å². The molecule has 0 amide bonds. The van der Waals surface area contributed by atoms with Crippen LogP contribution >= 0.6 is 0 Å². The number of esters is 1. The molecule has 0 aromatic heterocycles. The van der Waals surface area contributed by atoms with Gasteiger partial charge in [-0.05, 0) is 24.6 Å². The molecular formula is C15H20F3N3O2. The van der Waals surface area contributed by atoms with Crippen molar-refractivity contribution in [3.63, 3.8) is 0 Å². The van der Waals surface area contributed by atoms with Gasteiger partial charge in [-0.15, -0.1) is 0 Å². The first-order valence-electron chi connectivity index (χ1n) is 7.12. The van der Waals surface area contributed by atoms with Crippen LogP contribution in [0, 0.1) is 0 Å². The van der Waals surface area contributed by atoms with Gasteiger partial charge in [-0.3, -0.25) is 4.79 Å². The Morgan fingerprint density at radius 3 is 2.39 bits per heavy atom. The maximum Gasteiger partial charge on any atom is 0.416 e. The second-order valence-corrected chi connectivity index (χ2v) is 4.64. The van der Waals surface area contributed by atoms with Crippen LogP contribution in [0.5, 0.6) is 0 Å². The van der Waals surface area contributed by atoms with Crippen molar-refractivity contribution in [1.82, 2.24) is 10.6 Å². The number of ether oxygens (including phenoxy) is 1. The number of rotatable bonds is 6. The van der Waals surface area contributed by atoms with E-state index in [9.17, 15) is 18.0 Å². The number of carbonyl (C=O) groups is 1. The average Bonchev–Trinajstić information content (AvgIpc) is 2.52. The third-order valence-electron chi connectivity index (χ3n) is 2.89. The average molecular weight is 331 g/mol. The van der Waals surface area contributed by atoms with Crippen molar-refractivity contribution in [2.75, 3.05) is 20.2 Å². The van der Waals surface area contributed by atoms with Crippen molar-refractivity contribution in [1.29, 1.82) is 0 Å². The van der Waals surface area contributed by atoms with Gasteiger partial charge in [-0.1, -0.05) is 12.1 Å². The van der Waals surface area contributed by atoms with Crippen molar-refractivity contribution in [2.45, 2.75) is 26.1 Å². The van der Waals surface area contributed by atoms with E-state index in [2.05, 4.69) is 20.4 Å². The number of halogens is 3. The van der Waals surface area contributed by atoms with Gasteiger partial charge < -0.3 is 15.4 Å². The molecule has 0 radical (unpaired) electrons. The zero-order valence-corrected chi connectivity index (χ0v) is 13.0. The Bertz CT molecular complexity index is 528. The quantitative estimate of drug-likeness (QED) is 0.477. The van der Waals surface area contributed by atoms with E-state index in [1.165, 1.54) is 19.2 Å². The number of methoxy groups -OCH3 is 1. The second kappa shape index (κ2) is 9.02. The van der Waals surface area contributed by atoms with E-state index in [4.69, 9.17) is 0 Å². The number of nitrogens with one attached hydrogen (secondary N) is 2. The SMILES string of the molecule is CCNC(=NCc1ccc(C(F)(F)F)cc1)NCCC(=O)OC. The van der Waals surface area contributed by atoms with E-state index < -0.39 is 11.7 Å². The van der Waals surface area contributed by atoms with E-state index in [0.717, 1.165) is 12.1 Å². The lowest BCUT2D eigenvalue weighted by Crippen LogP contribution is -2.38. The summed E-state index contributed by atoms with van der Waals surface area (Å²) < 4.78 is 42.0. The first kappa shape index (κ1) is 18.8. The number of alkyl halides is 3. The van der Waals surface area contributed by atoms with Gasteiger partial charge in [-0.2, -0.15) is 13.2 Å². The number of carbonyl (C=O) groups excluding carboxylic acids is 1. The molecule has 0 aliphatic heterocycles. The minimum absolute atomic E-state index is 0.196. The summed E-state index contributed by atoms with van der Waals surface area (Å²) in [6.07, 6.45) is -4.15. The second-order valence-electron chi connectivity index (χ2n) is 4.64. The van der Waals surface area contributed by atoms with Gasteiger partial charge in [0, 0.05) is 13.1 Å². The summed E-state index contributed by atoms with van der Waals surface area (Å²) in [4.78, 5) is 15.3. The Hall–Kier alpha value is -2.25. The monoisotopic (exact) mass is 331 g/mol. The molecule has 8 heteroatoms. The predicted molar refractivity (Wildman–Crippen MR) is 80.9 cm³/mol. The Balaban J connectivity index is 2.60. The summed E-state index contributed by atoms with van der Waals surface area (Å²) in [7, 11) is 1.31. The molecule has 0 saturated heterocycles. The molecule has 1 rings (SSSR count). The summed E-state index contributed by atoms with van der Waals surface area (Å²) in [6, 6.07) is 4.85. The van der Waals surface area contributed by atoms with Crippen LogP contribution in [0.1, 0.15) is 24.5 Å². The normalized spacial score (nSPS) is 12.0. The highest BCUT2D eigenvalue weighted by molar-refractivity contribution is 5.80. The fourth-order valence-electron chi connectivity index (χ4n) is 1.70. The fourth-order valence-corrected chi connectivity index (χ4v) is 1.70. The van der Waals surface area contributed by atoms with Gasteiger partial charge in [0.15, 0.2) is 5.96 Å². The molecular weight excluding hydrogens is 311 g/mol. The molecule has 0 spiro atoms. The van der Waals surface area contributed by atoms with Crippen molar-refractivity contribution in [3.05, 3.63) is 35.4 Å². The summed E-state index contributed by atoms with van der Waals surface area (Å²) in [5.41, 5.74) is -0.0310. The standard InChI is InChI=1S/C15H20F3N3O2/c1-3-19-14(20-9-8-13(22)23-2)21-10-11-4-6-12(7-5-11)15(16,17)18/h4-7H,3,8-10H2,1-2H3,(H2,19,20,21). The highest BCUT2D eigenvalue weighted by Crippen LogP contribution is 2.29. The number of aliphatic imine (C=N–C) groups is 1. The van der Waals surface area contributed by atoms with Crippen LogP contribution < -0.4 is 10.6 Å². The largest absolute Gasteiger partial charge is 0.469 e. The van der Waals surface area contributed by atoms with Crippen LogP contribution in [-0.4, -0.2) is 32.1 Å². The van der Waals surface area contributed by atoms with Crippen molar-refractivity contribution < 1.29 is 22.7 Å². The van der Waals surface area contributed by atoms with Gasteiger partial charge in [0.2, 0.25) is 0 Å². The molecule has 0 bridgehead atoms. The number of benzene rings is 1. The van der Waals surface area contributed by atoms with Crippen LogP contribution in [0.25, 0.3) is 0 Å². The van der Waals surface area contributed by atoms with E-state index in [1.807, 2.05) is 6.92 Å². The molecule has 1 aromatic rings. The third-order valence-corrected chi connectivity index (χ3v) is 2.89. The first-order valence-corrected chi connectivity index (χ1v) is 7.12. The van der Waals surface area contributed by atoms with Gasteiger partial charge in [0.25, 0.3) is 0 Å². The molecule has 0 unspecified atom stereocenters. The Morgan fingerprint density at radius 1 is 1.22 bits per heavy atom. The highest BCUT2D eigenvalue weighted by Gasteiger charge is 2.29. The van der Waals surface area contributed by atoms with Crippen LogP contribution in [0.4, 0.5) is 13.2 Å². The summed E-state index contributed by atoms with van der Waals surface area (Å²) in [6.45, 7) is 3.09. The van der Waals surface area contributed by atoms with Gasteiger partial charge in [-0.25, -0.2) is 4.99 Å². The molecule has 23 heavy (non-hydrogen) atoms. The van der Waals surface area contributed by atoms with Gasteiger partial charge in [0.05, 0.1) is 25.6 Å². The van der Waals surface area contributed by atoms with Crippen molar-refractivity contribution in [2.24, 2.45) is 4.99 Å². The summed E-state index contributed by atoms with van der Waals surface area (Å²) >= 11 is 0. The van der Waals surface area contributed by atoms with Crippen LogP contribution in [0.3, 0.4) is 0 Å². The molecule has 1 aromatic carbocycles. The molecule has 0 heterocycles. The lowest BCUT2D eigenvalue weighted by atomic mass is 10.1. The van der Waals surface area contributed by atoms with Crippen LogP contribution in [0.2, 0.25) is 0 Å². The topological polar surface area (TPSA) is 62.7 Å². The fraction of sp³-hybridized carbons (Fsp3) is 0.467. The van der Waals surface area contributed by atoms with Crippen LogP contribution in [-0.2, 0) is 22.3 Å². The molecule has 2 N–H and O–H groups in total. The Kier molecular flexibility index (Phi) is 7.37. The maximum absolute atomic E-state index is 12.5. The maximum atomic E-state index is 12.5. The molecule has 0 aliphatic carbocycles. The minimum Gasteiger partial charge on any atom is -0.469 e. The Morgan fingerprint density at radius 2 is 1.87 bits per heavy atom. The molecule has 0 atom stereocenters. The lowest BCUT2D eigenvalue weighted by Gasteiger charge is -2.11. The lowest BCUT2D eigenvalue weighted by molar-refractivity contribution is -0.140. The zero-order valence-electron chi connectivity index (χ0n) is 13.0. The molecule has 0 saturated carbocycles. The zero-order chi connectivity index (χ0) is 17.3. The first-order chi connectivity index (χ1) is 10.9. The smallest absolute Gasteiger partial charge is 0.416 e. The molecule has 128 valence electrons. The van der Waals surface area contributed by atoms with Gasteiger partial charge >= 0.3 is 12.1 Å². The van der Waals surface area contributed by atoms with Crippen LogP contribution in [0.15, 0.2) is 29.3 Å². The Labute approximate surface area is 132 Å².